The predicted molar refractivity (Wildman–Crippen MR) is 94.9 cm³/mol. The molecule has 0 radical (unpaired) electrons. The molecule has 0 aromatic carbocycles. The highest BCUT2D eigenvalue weighted by Crippen LogP contribution is 2.32. The third-order valence-corrected chi connectivity index (χ3v) is 5.46. The quantitative estimate of drug-likeness (QED) is 0.729. The number of nitrogens with zero attached hydrogens (tertiary/aromatic N) is 3. The normalized spacial score (nSPS) is 27.5. The van der Waals surface area contributed by atoms with E-state index < -0.39 is 0 Å². The van der Waals surface area contributed by atoms with Crippen molar-refractivity contribution in [3.8, 4) is 0 Å². The van der Waals surface area contributed by atoms with Crippen molar-refractivity contribution in [2.24, 2.45) is 0 Å². The van der Waals surface area contributed by atoms with Crippen LogP contribution in [0.1, 0.15) is 32.3 Å². The first-order valence-electron chi connectivity index (χ1n) is 9.40. The Hall–Kier alpha value is -1.01. The van der Waals surface area contributed by atoms with Crippen LogP contribution >= 0.6 is 0 Å². The summed E-state index contributed by atoms with van der Waals surface area (Å²) in [5.41, 5.74) is 1.18. The SMILES string of the molecule is CCN(CC)CCN1CCOC2CCC1C2OCc1ccncc1. The zero-order chi connectivity index (χ0) is 16.8. The molecule has 3 rings (SSSR count). The van der Waals surface area contributed by atoms with E-state index in [0.29, 0.717) is 12.6 Å². The van der Waals surface area contributed by atoms with Crippen LogP contribution in [0.4, 0.5) is 0 Å². The fraction of sp³-hybridized carbons (Fsp3) is 0.737. The van der Waals surface area contributed by atoms with Crippen LogP contribution < -0.4 is 0 Å². The highest BCUT2D eigenvalue weighted by Gasteiger charge is 2.42. The fourth-order valence-electron chi connectivity index (χ4n) is 3.94. The Morgan fingerprint density at radius 3 is 2.79 bits per heavy atom. The van der Waals surface area contributed by atoms with Crippen molar-refractivity contribution in [2.75, 3.05) is 39.3 Å². The maximum absolute atomic E-state index is 6.32. The van der Waals surface area contributed by atoms with Gasteiger partial charge in [0, 0.05) is 38.1 Å². The van der Waals surface area contributed by atoms with Gasteiger partial charge in [-0.1, -0.05) is 13.8 Å². The monoisotopic (exact) mass is 333 g/mol. The minimum Gasteiger partial charge on any atom is -0.374 e. The number of ether oxygens (including phenoxy) is 2. The van der Waals surface area contributed by atoms with E-state index in [1.807, 2.05) is 24.5 Å². The van der Waals surface area contributed by atoms with E-state index in [4.69, 9.17) is 9.47 Å². The van der Waals surface area contributed by atoms with Gasteiger partial charge in [0.2, 0.25) is 0 Å². The molecule has 1 aliphatic carbocycles. The molecule has 1 aromatic heterocycles. The first kappa shape index (κ1) is 17.8. The molecule has 0 spiro atoms. The first-order chi connectivity index (χ1) is 11.8. The maximum atomic E-state index is 6.32. The Morgan fingerprint density at radius 2 is 2.04 bits per heavy atom. The van der Waals surface area contributed by atoms with Gasteiger partial charge in [0.15, 0.2) is 0 Å². The van der Waals surface area contributed by atoms with Crippen molar-refractivity contribution in [3.05, 3.63) is 30.1 Å². The second-order valence-corrected chi connectivity index (χ2v) is 6.75. The minimum absolute atomic E-state index is 0.192. The number of likely N-dealkylation sites (N-methyl/N-ethyl adjacent to an activating group) is 1. The van der Waals surface area contributed by atoms with Crippen LogP contribution in [0, 0.1) is 0 Å². The number of hydrogen-bond donors (Lipinski definition) is 0. The molecule has 5 nitrogen and oxygen atoms in total. The van der Waals surface area contributed by atoms with Gasteiger partial charge in [0.25, 0.3) is 0 Å². The standard InChI is InChI=1S/C19H31N3O2/c1-3-21(4-2)11-12-22-13-14-23-18-6-5-17(22)19(18)24-15-16-7-9-20-10-8-16/h7-10,17-19H,3-6,11-15H2,1-2H3. The third kappa shape index (κ3) is 4.33. The summed E-state index contributed by atoms with van der Waals surface area (Å²) in [6, 6.07) is 4.55. The topological polar surface area (TPSA) is 37.8 Å². The molecule has 2 heterocycles. The molecule has 0 amide bonds. The molecule has 5 heteroatoms. The molecule has 1 saturated carbocycles. The molecule has 1 aromatic rings. The molecular formula is C19H31N3O2. The van der Waals surface area contributed by atoms with Crippen LogP contribution in [0.3, 0.4) is 0 Å². The molecule has 3 unspecified atom stereocenters. The first-order valence-corrected chi connectivity index (χ1v) is 9.40. The minimum atomic E-state index is 0.192. The lowest BCUT2D eigenvalue weighted by Gasteiger charge is -2.32. The summed E-state index contributed by atoms with van der Waals surface area (Å²) < 4.78 is 12.4. The molecule has 24 heavy (non-hydrogen) atoms. The van der Waals surface area contributed by atoms with E-state index in [9.17, 15) is 0 Å². The zero-order valence-corrected chi connectivity index (χ0v) is 15.1. The fourth-order valence-corrected chi connectivity index (χ4v) is 3.94. The highest BCUT2D eigenvalue weighted by molar-refractivity contribution is 5.08. The third-order valence-electron chi connectivity index (χ3n) is 5.46. The summed E-state index contributed by atoms with van der Waals surface area (Å²) in [6.45, 7) is 11.5. The van der Waals surface area contributed by atoms with Gasteiger partial charge in [-0.3, -0.25) is 9.88 Å². The largest absolute Gasteiger partial charge is 0.374 e. The second kappa shape index (κ2) is 8.90. The number of pyridine rings is 1. The van der Waals surface area contributed by atoms with E-state index in [1.54, 1.807) is 0 Å². The highest BCUT2D eigenvalue weighted by atomic mass is 16.5. The van der Waals surface area contributed by atoms with Crippen LogP contribution in [-0.2, 0) is 16.1 Å². The summed E-state index contributed by atoms with van der Waals surface area (Å²) in [7, 11) is 0. The number of rotatable bonds is 8. The van der Waals surface area contributed by atoms with Gasteiger partial charge in [-0.15, -0.1) is 0 Å². The summed E-state index contributed by atoms with van der Waals surface area (Å²) in [4.78, 5) is 9.16. The van der Waals surface area contributed by atoms with Gasteiger partial charge in [0.05, 0.1) is 25.4 Å². The van der Waals surface area contributed by atoms with E-state index in [0.717, 1.165) is 45.8 Å². The van der Waals surface area contributed by atoms with E-state index in [1.165, 1.54) is 12.0 Å². The van der Waals surface area contributed by atoms with Gasteiger partial charge in [-0.25, -0.2) is 0 Å². The van der Waals surface area contributed by atoms with Crippen LogP contribution in [0.5, 0.6) is 0 Å². The average Bonchev–Trinajstić information content (AvgIpc) is 2.93. The Bertz CT molecular complexity index is 481. The Morgan fingerprint density at radius 1 is 1.25 bits per heavy atom. The average molecular weight is 333 g/mol. The molecule has 134 valence electrons. The smallest absolute Gasteiger partial charge is 0.0995 e. The summed E-state index contributed by atoms with van der Waals surface area (Å²) in [5.74, 6) is 0. The van der Waals surface area contributed by atoms with E-state index in [2.05, 4.69) is 28.6 Å². The molecule has 0 N–H and O–H groups in total. The summed E-state index contributed by atoms with van der Waals surface area (Å²) in [6.07, 6.45) is 6.41. The van der Waals surface area contributed by atoms with E-state index in [-0.39, 0.29) is 12.2 Å². The number of fused-ring (bicyclic) bond motifs is 2. The predicted octanol–water partition coefficient (Wildman–Crippen LogP) is 2.17. The van der Waals surface area contributed by atoms with E-state index >= 15 is 0 Å². The molecule has 2 bridgehead atoms. The molecule has 2 aliphatic rings. The Kier molecular flexibility index (Phi) is 6.60. The van der Waals surface area contributed by atoms with Crippen LogP contribution in [0.25, 0.3) is 0 Å². The van der Waals surface area contributed by atoms with Gasteiger partial charge in [-0.05, 0) is 43.6 Å². The molecule has 3 atom stereocenters. The zero-order valence-electron chi connectivity index (χ0n) is 15.1. The van der Waals surface area contributed by atoms with Crippen molar-refractivity contribution in [1.82, 2.24) is 14.8 Å². The molecular weight excluding hydrogens is 302 g/mol. The van der Waals surface area contributed by atoms with Gasteiger partial charge >= 0.3 is 0 Å². The Balaban J connectivity index is 1.59. The van der Waals surface area contributed by atoms with Crippen molar-refractivity contribution >= 4 is 0 Å². The van der Waals surface area contributed by atoms with Crippen molar-refractivity contribution in [3.63, 3.8) is 0 Å². The molecule has 2 fully saturated rings. The number of hydrogen-bond acceptors (Lipinski definition) is 5. The van der Waals surface area contributed by atoms with Gasteiger partial charge in [-0.2, -0.15) is 0 Å². The lowest BCUT2D eigenvalue weighted by Crippen LogP contribution is -2.46. The molecule has 1 saturated heterocycles. The van der Waals surface area contributed by atoms with Crippen molar-refractivity contribution < 1.29 is 9.47 Å². The van der Waals surface area contributed by atoms with Crippen LogP contribution in [0.15, 0.2) is 24.5 Å². The second-order valence-electron chi connectivity index (χ2n) is 6.75. The summed E-state index contributed by atoms with van der Waals surface area (Å²) >= 11 is 0. The van der Waals surface area contributed by atoms with Crippen molar-refractivity contribution in [2.45, 2.75) is 51.5 Å². The molecule has 1 aliphatic heterocycles. The lowest BCUT2D eigenvalue weighted by atomic mass is 10.1. The lowest BCUT2D eigenvalue weighted by molar-refractivity contribution is -0.0612. The number of aromatic nitrogens is 1. The van der Waals surface area contributed by atoms with Crippen LogP contribution in [-0.4, -0.2) is 72.4 Å². The van der Waals surface area contributed by atoms with Crippen molar-refractivity contribution in [1.29, 1.82) is 0 Å². The van der Waals surface area contributed by atoms with Gasteiger partial charge < -0.3 is 14.4 Å². The Labute approximate surface area is 145 Å². The maximum Gasteiger partial charge on any atom is 0.0995 e. The van der Waals surface area contributed by atoms with Crippen LogP contribution in [0.2, 0.25) is 0 Å². The van der Waals surface area contributed by atoms with Gasteiger partial charge in [0.1, 0.15) is 0 Å². The summed E-state index contributed by atoms with van der Waals surface area (Å²) in [5, 5.41) is 0.